The Bertz CT molecular complexity index is 993. The minimum absolute atomic E-state index is 0. The van der Waals surface area contributed by atoms with Crippen LogP contribution in [0.15, 0.2) is 29.6 Å². The molecule has 3 N–H and O–H groups in total. The van der Waals surface area contributed by atoms with Crippen LogP contribution in [0.1, 0.15) is 12.6 Å². The fourth-order valence-electron chi connectivity index (χ4n) is 2.14. The van der Waals surface area contributed by atoms with Crippen LogP contribution in [-0.4, -0.2) is 39.9 Å². The predicted molar refractivity (Wildman–Crippen MR) is 96.2 cm³/mol. The SMILES string of the molecule is CCS(=O)c1cc(O)c(I)nc1-c1cn2cnc(C(F)(F)F)cc2n1.O. The van der Waals surface area contributed by atoms with Gasteiger partial charge in [0.1, 0.15) is 38.5 Å². The van der Waals surface area contributed by atoms with Gasteiger partial charge in [-0.2, -0.15) is 13.2 Å². The van der Waals surface area contributed by atoms with E-state index in [-0.39, 0.29) is 36.9 Å². The van der Waals surface area contributed by atoms with Gasteiger partial charge in [0.25, 0.3) is 0 Å². The van der Waals surface area contributed by atoms with E-state index in [0.29, 0.717) is 5.75 Å². The number of halogens is 4. The molecule has 7 nitrogen and oxygen atoms in total. The molecule has 3 aromatic rings. The van der Waals surface area contributed by atoms with Crippen molar-refractivity contribution >= 4 is 39.0 Å². The number of nitrogens with zero attached hydrogens (tertiary/aromatic N) is 4. The molecule has 0 aliphatic heterocycles. The summed E-state index contributed by atoms with van der Waals surface area (Å²) in [5, 5.41) is 9.82. The van der Waals surface area contributed by atoms with Crippen LogP contribution in [0.5, 0.6) is 5.75 Å². The molecule has 0 saturated carbocycles. The average Bonchev–Trinajstić information content (AvgIpc) is 2.98. The summed E-state index contributed by atoms with van der Waals surface area (Å²) in [6, 6.07) is 2.17. The molecule has 3 aromatic heterocycles. The van der Waals surface area contributed by atoms with Crippen molar-refractivity contribution in [2.75, 3.05) is 5.75 Å². The highest BCUT2D eigenvalue weighted by Crippen LogP contribution is 2.31. The Morgan fingerprint density at radius 2 is 2.00 bits per heavy atom. The first-order chi connectivity index (χ1) is 11.7. The van der Waals surface area contributed by atoms with E-state index in [9.17, 15) is 22.5 Å². The van der Waals surface area contributed by atoms with Crippen LogP contribution in [0.3, 0.4) is 0 Å². The van der Waals surface area contributed by atoms with Gasteiger partial charge < -0.3 is 10.6 Å². The summed E-state index contributed by atoms with van der Waals surface area (Å²) in [5.74, 6) is 0.174. The van der Waals surface area contributed by atoms with Crippen LogP contribution in [0.25, 0.3) is 17.0 Å². The molecule has 1 unspecified atom stereocenters. The summed E-state index contributed by atoms with van der Waals surface area (Å²) in [6.07, 6.45) is -2.11. The molecule has 0 aliphatic rings. The minimum atomic E-state index is -4.57. The summed E-state index contributed by atoms with van der Waals surface area (Å²) in [5.41, 5.74) is -0.520. The first kappa shape index (κ1) is 20.5. The van der Waals surface area contributed by atoms with Crippen molar-refractivity contribution in [1.82, 2.24) is 19.4 Å². The Labute approximate surface area is 161 Å². The maximum atomic E-state index is 12.8. The maximum absolute atomic E-state index is 12.8. The van der Waals surface area contributed by atoms with E-state index in [4.69, 9.17) is 0 Å². The van der Waals surface area contributed by atoms with Gasteiger partial charge in [0.15, 0.2) is 0 Å². The Morgan fingerprint density at radius 1 is 1.31 bits per heavy atom. The van der Waals surface area contributed by atoms with Crippen molar-refractivity contribution < 1.29 is 28.0 Å². The second-order valence-electron chi connectivity index (χ2n) is 4.94. The summed E-state index contributed by atoms with van der Waals surface area (Å²) in [6.45, 7) is 1.71. The lowest BCUT2D eigenvalue weighted by atomic mass is 10.3. The number of hydrogen-bond donors (Lipinski definition) is 1. The number of aromatic nitrogens is 4. The highest BCUT2D eigenvalue weighted by atomic mass is 127. The lowest BCUT2D eigenvalue weighted by molar-refractivity contribution is -0.141. The van der Waals surface area contributed by atoms with Gasteiger partial charge in [-0.15, -0.1) is 0 Å². The number of alkyl halides is 3. The fraction of sp³-hybridized carbons (Fsp3) is 0.214. The van der Waals surface area contributed by atoms with Gasteiger partial charge in [0.05, 0.1) is 15.7 Å². The zero-order valence-corrected chi connectivity index (χ0v) is 16.1. The molecule has 0 spiro atoms. The normalized spacial score (nSPS) is 12.8. The van der Waals surface area contributed by atoms with Gasteiger partial charge in [-0.1, -0.05) is 6.92 Å². The van der Waals surface area contributed by atoms with Gasteiger partial charge in [-0.25, -0.2) is 15.0 Å². The first-order valence-electron chi connectivity index (χ1n) is 6.91. The molecule has 0 aromatic carbocycles. The number of rotatable bonds is 3. The maximum Gasteiger partial charge on any atom is 0.433 e. The number of pyridine rings is 1. The quantitative estimate of drug-likeness (QED) is 0.439. The topological polar surface area (TPSA) is 112 Å². The summed E-state index contributed by atoms with van der Waals surface area (Å²) < 4.78 is 52.2. The highest BCUT2D eigenvalue weighted by Gasteiger charge is 2.33. The standard InChI is InChI=1S/C14H10F3IN4O2S.H2O/c1-2-25(24)9-3-8(23)13(18)21-12(9)7-5-22-6-19-10(14(15,16)17)4-11(22)20-7;/h3-6,23H,2H2,1H3;1H2. The van der Waals surface area contributed by atoms with Crippen molar-refractivity contribution in [3.63, 3.8) is 0 Å². The molecule has 1 atom stereocenters. The van der Waals surface area contributed by atoms with E-state index < -0.39 is 22.7 Å². The zero-order valence-electron chi connectivity index (χ0n) is 13.1. The molecular weight excluding hydrogens is 488 g/mol. The highest BCUT2D eigenvalue weighted by molar-refractivity contribution is 14.1. The van der Waals surface area contributed by atoms with Gasteiger partial charge in [-0.05, 0) is 22.6 Å². The molecule has 3 heterocycles. The molecule has 0 aliphatic carbocycles. The lowest BCUT2D eigenvalue weighted by Crippen LogP contribution is -2.08. The van der Waals surface area contributed by atoms with Crippen LogP contribution < -0.4 is 0 Å². The van der Waals surface area contributed by atoms with E-state index >= 15 is 0 Å². The van der Waals surface area contributed by atoms with E-state index in [1.165, 1.54) is 16.7 Å². The summed E-state index contributed by atoms with van der Waals surface area (Å²) in [4.78, 5) is 12.0. The number of imidazole rings is 1. The van der Waals surface area contributed by atoms with Crippen LogP contribution in [0, 0.1) is 3.70 Å². The Hall–Kier alpha value is -1.80. The van der Waals surface area contributed by atoms with Gasteiger partial charge >= 0.3 is 6.18 Å². The first-order valence-corrected chi connectivity index (χ1v) is 9.30. The second kappa shape index (κ2) is 7.44. The van der Waals surface area contributed by atoms with Crippen molar-refractivity contribution in [2.24, 2.45) is 0 Å². The van der Waals surface area contributed by atoms with Crippen LogP contribution in [0.2, 0.25) is 0 Å². The van der Waals surface area contributed by atoms with Crippen molar-refractivity contribution in [1.29, 1.82) is 0 Å². The third-order valence-corrected chi connectivity index (χ3v) is 5.43. The molecular formula is C14H12F3IN4O3S. The van der Waals surface area contributed by atoms with Gasteiger partial charge in [0.2, 0.25) is 0 Å². The number of hydrogen-bond acceptors (Lipinski definition) is 5. The Morgan fingerprint density at radius 3 is 2.62 bits per heavy atom. The minimum Gasteiger partial charge on any atom is -0.505 e. The largest absolute Gasteiger partial charge is 0.505 e. The monoisotopic (exact) mass is 500 g/mol. The Kier molecular flexibility index (Phi) is 5.87. The molecule has 3 rings (SSSR count). The van der Waals surface area contributed by atoms with E-state index in [0.717, 1.165) is 12.4 Å². The van der Waals surface area contributed by atoms with Gasteiger partial charge in [-0.3, -0.25) is 8.61 Å². The lowest BCUT2D eigenvalue weighted by Gasteiger charge is -2.07. The molecule has 26 heavy (non-hydrogen) atoms. The van der Waals surface area contributed by atoms with Crippen LogP contribution in [-0.2, 0) is 17.0 Å². The molecule has 0 saturated heterocycles. The molecule has 0 bridgehead atoms. The average molecular weight is 500 g/mol. The number of fused-ring (bicyclic) bond motifs is 1. The van der Waals surface area contributed by atoms with Gasteiger partial charge in [0, 0.05) is 24.1 Å². The molecule has 0 amide bonds. The zero-order chi connectivity index (χ0) is 18.4. The predicted octanol–water partition coefficient (Wildman–Crippen LogP) is 2.42. The van der Waals surface area contributed by atoms with E-state index in [1.54, 1.807) is 6.92 Å². The van der Waals surface area contributed by atoms with Crippen molar-refractivity contribution in [3.05, 3.63) is 34.1 Å². The van der Waals surface area contributed by atoms with Crippen LogP contribution >= 0.6 is 22.6 Å². The van der Waals surface area contributed by atoms with E-state index in [2.05, 4.69) is 15.0 Å². The molecule has 140 valence electrons. The molecule has 0 radical (unpaired) electrons. The van der Waals surface area contributed by atoms with Crippen LogP contribution in [0.4, 0.5) is 13.2 Å². The Balaban J connectivity index is 0.00000243. The number of aromatic hydroxyl groups is 1. The smallest absolute Gasteiger partial charge is 0.433 e. The van der Waals surface area contributed by atoms with E-state index in [1.807, 2.05) is 22.6 Å². The summed E-state index contributed by atoms with van der Waals surface area (Å²) in [7, 11) is -1.43. The van der Waals surface area contributed by atoms with Crippen molar-refractivity contribution in [3.8, 4) is 17.1 Å². The second-order valence-corrected chi connectivity index (χ2v) is 7.67. The van der Waals surface area contributed by atoms with Crippen molar-refractivity contribution in [2.45, 2.75) is 18.0 Å². The molecule has 0 fully saturated rings. The third kappa shape index (κ3) is 3.81. The summed E-state index contributed by atoms with van der Waals surface area (Å²) >= 11 is 1.81. The molecule has 12 heteroatoms. The fourth-order valence-corrected chi connectivity index (χ4v) is 3.45. The third-order valence-electron chi connectivity index (χ3n) is 3.31.